The summed E-state index contributed by atoms with van der Waals surface area (Å²) in [5.74, 6) is -0.514. The van der Waals surface area contributed by atoms with Gasteiger partial charge in [0.15, 0.2) is 5.76 Å². The average Bonchev–Trinajstić information content (AvgIpc) is 2.86. The van der Waals surface area contributed by atoms with E-state index in [1.165, 1.54) is 25.7 Å². The number of hydrogen-bond acceptors (Lipinski definition) is 3. The number of ether oxygens (including phenoxy) is 1. The molecular weight excluding hydrogens is 419 g/mol. The molecule has 2 rings (SSSR count). The molecule has 0 spiro atoms. The topological polar surface area (TPSA) is 62.7 Å². The van der Waals surface area contributed by atoms with E-state index < -0.39 is 17.6 Å². The lowest BCUT2D eigenvalue weighted by Gasteiger charge is -2.11. The fourth-order valence-corrected chi connectivity index (χ4v) is 2.65. The molecule has 0 radical (unpaired) electrons. The standard InChI is InChI=1S/C21H21ClF3N3O2/c1-14-17(22)8-3-4-9-18(14)28-20(29)19(30-2)12-27-13-26-11-15-6-5-7-16(10-15)21(23,24)25/h4-10,12-13H,3,11H2,1-2H3,(H,26,27)(H,28,29)/b19-12+. The second kappa shape index (κ2) is 10.7. The molecule has 0 aromatic heterocycles. The molecule has 1 aromatic carbocycles. The van der Waals surface area contributed by atoms with Crippen molar-refractivity contribution >= 4 is 23.8 Å². The Kier molecular flexibility index (Phi) is 8.29. The SMILES string of the molecule is CO/C(=C/NC=NCc1cccc(C(F)(F)F)c1)C(=O)NC1=C(C)C(Cl)=CCC=C1. The van der Waals surface area contributed by atoms with Crippen molar-refractivity contribution in [2.45, 2.75) is 26.1 Å². The Labute approximate surface area is 177 Å². The lowest BCUT2D eigenvalue weighted by molar-refractivity contribution is -0.137. The molecule has 0 unspecified atom stereocenters. The number of amides is 1. The third kappa shape index (κ3) is 6.81. The summed E-state index contributed by atoms with van der Waals surface area (Å²) < 4.78 is 43.2. The summed E-state index contributed by atoms with van der Waals surface area (Å²) in [5.41, 5.74) is 0.960. The van der Waals surface area contributed by atoms with Crippen molar-refractivity contribution in [3.05, 3.63) is 81.9 Å². The van der Waals surface area contributed by atoms with Gasteiger partial charge in [0.05, 0.1) is 31.8 Å². The average molecular weight is 440 g/mol. The number of rotatable bonds is 7. The van der Waals surface area contributed by atoms with Crippen LogP contribution in [0.15, 0.2) is 75.7 Å². The van der Waals surface area contributed by atoms with E-state index in [4.69, 9.17) is 16.3 Å². The monoisotopic (exact) mass is 439 g/mol. The fourth-order valence-electron chi connectivity index (χ4n) is 2.46. The molecule has 0 fully saturated rings. The van der Waals surface area contributed by atoms with Gasteiger partial charge in [-0.25, -0.2) is 0 Å². The van der Waals surface area contributed by atoms with Gasteiger partial charge >= 0.3 is 6.18 Å². The third-order valence-corrected chi connectivity index (χ3v) is 4.52. The molecule has 30 heavy (non-hydrogen) atoms. The Balaban J connectivity index is 1.96. The van der Waals surface area contributed by atoms with Crippen molar-refractivity contribution in [2.24, 2.45) is 4.99 Å². The highest BCUT2D eigenvalue weighted by Crippen LogP contribution is 2.29. The molecule has 5 nitrogen and oxygen atoms in total. The molecule has 9 heteroatoms. The molecule has 1 aliphatic rings. The summed E-state index contributed by atoms with van der Waals surface area (Å²) in [5, 5.41) is 5.94. The number of nitrogens with zero attached hydrogens (tertiary/aromatic N) is 1. The zero-order valence-corrected chi connectivity index (χ0v) is 17.1. The normalized spacial score (nSPS) is 15.1. The molecule has 0 saturated heterocycles. The largest absolute Gasteiger partial charge is 0.490 e. The molecule has 0 bridgehead atoms. The second-order valence-electron chi connectivity index (χ2n) is 6.23. The first-order valence-electron chi connectivity index (χ1n) is 8.91. The Morgan fingerprint density at radius 1 is 1.37 bits per heavy atom. The van der Waals surface area contributed by atoms with Gasteiger partial charge in [-0.2, -0.15) is 13.2 Å². The van der Waals surface area contributed by atoms with E-state index in [0.29, 0.717) is 22.7 Å². The van der Waals surface area contributed by atoms with E-state index in [9.17, 15) is 18.0 Å². The van der Waals surface area contributed by atoms with Gasteiger partial charge in [-0.15, -0.1) is 0 Å². The fraction of sp³-hybridized carbons (Fsp3) is 0.238. The molecule has 160 valence electrons. The van der Waals surface area contributed by atoms with Crippen LogP contribution in [0.1, 0.15) is 24.5 Å². The predicted octanol–water partition coefficient (Wildman–Crippen LogP) is 4.78. The van der Waals surface area contributed by atoms with Gasteiger partial charge in [0.25, 0.3) is 5.91 Å². The van der Waals surface area contributed by atoms with Gasteiger partial charge in [-0.05, 0) is 42.7 Å². The molecule has 2 N–H and O–H groups in total. The van der Waals surface area contributed by atoms with E-state index in [1.807, 2.05) is 12.2 Å². The second-order valence-corrected chi connectivity index (χ2v) is 6.64. The lowest BCUT2D eigenvalue weighted by Crippen LogP contribution is -2.26. The van der Waals surface area contributed by atoms with E-state index >= 15 is 0 Å². The molecule has 0 heterocycles. The van der Waals surface area contributed by atoms with Crippen LogP contribution in [0.4, 0.5) is 13.2 Å². The van der Waals surface area contributed by atoms with Crippen molar-refractivity contribution in [1.29, 1.82) is 0 Å². The summed E-state index contributed by atoms with van der Waals surface area (Å²) in [6, 6.07) is 4.92. The van der Waals surface area contributed by atoms with Crippen LogP contribution in [0.2, 0.25) is 0 Å². The number of carbonyl (C=O) groups excluding carboxylic acids is 1. The van der Waals surface area contributed by atoms with Crippen LogP contribution in [0.3, 0.4) is 0 Å². The van der Waals surface area contributed by atoms with Crippen LogP contribution >= 0.6 is 11.6 Å². The maximum absolute atomic E-state index is 12.7. The summed E-state index contributed by atoms with van der Waals surface area (Å²) in [6.07, 6.45) is 4.27. The first kappa shape index (κ1) is 23.3. The molecule has 1 aliphatic carbocycles. The van der Waals surface area contributed by atoms with Gasteiger partial charge in [0, 0.05) is 10.7 Å². The van der Waals surface area contributed by atoms with Crippen molar-refractivity contribution in [3.8, 4) is 0 Å². The van der Waals surface area contributed by atoms with Crippen molar-refractivity contribution in [1.82, 2.24) is 10.6 Å². The van der Waals surface area contributed by atoms with Gasteiger partial charge in [0.1, 0.15) is 0 Å². The Hall–Kier alpha value is -3.00. The molecule has 1 aromatic rings. The summed E-state index contributed by atoms with van der Waals surface area (Å²) in [7, 11) is 1.34. The Morgan fingerprint density at radius 2 is 2.13 bits per heavy atom. The minimum Gasteiger partial charge on any atom is -0.490 e. The maximum Gasteiger partial charge on any atom is 0.416 e. The van der Waals surface area contributed by atoms with E-state index in [0.717, 1.165) is 17.7 Å². The molecule has 0 saturated carbocycles. The number of carbonyl (C=O) groups is 1. The van der Waals surface area contributed by atoms with E-state index in [-0.39, 0.29) is 12.3 Å². The minimum absolute atomic E-state index is 0.0152. The van der Waals surface area contributed by atoms with Gasteiger partial charge in [-0.1, -0.05) is 35.9 Å². The van der Waals surface area contributed by atoms with Crippen LogP contribution in [0, 0.1) is 0 Å². The third-order valence-electron chi connectivity index (χ3n) is 4.08. The summed E-state index contributed by atoms with van der Waals surface area (Å²) in [4.78, 5) is 16.4. The zero-order valence-electron chi connectivity index (χ0n) is 16.4. The highest BCUT2D eigenvalue weighted by Gasteiger charge is 2.30. The quantitative estimate of drug-likeness (QED) is 0.278. The van der Waals surface area contributed by atoms with E-state index in [1.54, 1.807) is 19.1 Å². The van der Waals surface area contributed by atoms with Crippen LogP contribution in [-0.2, 0) is 22.3 Å². The number of alkyl halides is 3. The van der Waals surface area contributed by atoms with Gasteiger partial charge in [-0.3, -0.25) is 9.79 Å². The number of aliphatic imine (C=N–C) groups is 1. The van der Waals surface area contributed by atoms with Crippen LogP contribution in [0.25, 0.3) is 0 Å². The maximum atomic E-state index is 12.7. The predicted molar refractivity (Wildman–Crippen MR) is 110 cm³/mol. The van der Waals surface area contributed by atoms with Crippen molar-refractivity contribution < 1.29 is 22.7 Å². The molecular formula is C21H21ClF3N3O2. The smallest absolute Gasteiger partial charge is 0.416 e. The molecule has 1 amide bonds. The highest BCUT2D eigenvalue weighted by atomic mass is 35.5. The molecule has 0 atom stereocenters. The molecule has 0 aliphatic heterocycles. The zero-order chi connectivity index (χ0) is 22.1. The van der Waals surface area contributed by atoms with Crippen molar-refractivity contribution in [2.75, 3.05) is 7.11 Å². The summed E-state index contributed by atoms with van der Waals surface area (Å²) >= 11 is 6.14. The van der Waals surface area contributed by atoms with Crippen LogP contribution in [0.5, 0.6) is 0 Å². The van der Waals surface area contributed by atoms with E-state index in [2.05, 4.69) is 15.6 Å². The van der Waals surface area contributed by atoms with Gasteiger partial charge in [0.2, 0.25) is 0 Å². The number of nitrogens with one attached hydrogen (secondary N) is 2. The first-order valence-corrected chi connectivity index (χ1v) is 9.29. The Morgan fingerprint density at radius 3 is 2.83 bits per heavy atom. The van der Waals surface area contributed by atoms with Crippen LogP contribution in [-0.4, -0.2) is 19.4 Å². The number of hydrogen-bond donors (Lipinski definition) is 2. The number of benzene rings is 1. The number of allylic oxidation sites excluding steroid dienone is 5. The Bertz CT molecular complexity index is 932. The summed E-state index contributed by atoms with van der Waals surface area (Å²) in [6.45, 7) is 1.83. The lowest BCUT2D eigenvalue weighted by atomic mass is 10.1. The first-order chi connectivity index (χ1) is 14.2. The number of halogens is 4. The minimum atomic E-state index is -4.40. The van der Waals surface area contributed by atoms with Gasteiger partial charge < -0.3 is 15.4 Å². The highest BCUT2D eigenvalue weighted by molar-refractivity contribution is 6.32. The van der Waals surface area contributed by atoms with Crippen molar-refractivity contribution in [3.63, 3.8) is 0 Å². The number of methoxy groups -OCH3 is 1. The van der Waals surface area contributed by atoms with Crippen LogP contribution < -0.4 is 10.6 Å².